The smallest absolute Gasteiger partial charge is 0.222 e. The molecular weight excluding hydrogens is 260 g/mol. The average molecular weight is 278 g/mol. The van der Waals surface area contributed by atoms with E-state index >= 15 is 0 Å². The largest absolute Gasteiger partial charge is 0.323 e. The Balaban J connectivity index is 1.82. The van der Waals surface area contributed by atoms with Crippen LogP contribution < -0.4 is 5.43 Å². The van der Waals surface area contributed by atoms with Crippen molar-refractivity contribution in [3.8, 4) is 0 Å². The summed E-state index contributed by atoms with van der Waals surface area (Å²) in [4.78, 5) is 7.63. The molecule has 0 radical (unpaired) electrons. The van der Waals surface area contributed by atoms with Crippen molar-refractivity contribution in [1.29, 1.82) is 0 Å². The van der Waals surface area contributed by atoms with E-state index in [0.29, 0.717) is 5.95 Å². The van der Waals surface area contributed by atoms with Crippen LogP contribution in [0.1, 0.15) is 23.6 Å². The topological polar surface area (TPSA) is 53.1 Å². The summed E-state index contributed by atoms with van der Waals surface area (Å²) in [6.07, 6.45) is 0. The van der Waals surface area contributed by atoms with Gasteiger partial charge in [0, 0.05) is 0 Å². The van der Waals surface area contributed by atoms with Gasteiger partial charge in [-0.2, -0.15) is 5.10 Å². The first-order valence-corrected chi connectivity index (χ1v) is 6.96. The number of aromatic amines is 1. The highest BCUT2D eigenvalue weighted by Gasteiger charge is 2.02. The Morgan fingerprint density at radius 2 is 1.90 bits per heavy atom. The van der Waals surface area contributed by atoms with Crippen LogP contribution in [0, 0.1) is 13.8 Å². The average Bonchev–Trinajstić information content (AvgIpc) is 2.90. The molecule has 3 rings (SSSR count). The molecule has 0 aliphatic heterocycles. The van der Waals surface area contributed by atoms with Crippen LogP contribution >= 0.6 is 0 Å². The molecule has 2 N–H and O–H groups in total. The zero-order valence-electron chi connectivity index (χ0n) is 12.4. The number of anilines is 1. The summed E-state index contributed by atoms with van der Waals surface area (Å²) in [5.74, 6) is 0.652. The summed E-state index contributed by atoms with van der Waals surface area (Å²) in [6, 6.07) is 14.3. The van der Waals surface area contributed by atoms with Gasteiger partial charge in [-0.15, -0.1) is 0 Å². The van der Waals surface area contributed by atoms with Gasteiger partial charge in [-0.25, -0.2) is 10.4 Å². The molecule has 0 unspecified atom stereocenters. The number of benzene rings is 2. The van der Waals surface area contributed by atoms with Crippen LogP contribution in [0.4, 0.5) is 5.95 Å². The lowest BCUT2D eigenvalue weighted by Crippen LogP contribution is -2.01. The number of H-pyrrole nitrogens is 1. The summed E-state index contributed by atoms with van der Waals surface area (Å²) in [6.45, 7) is 6.21. The van der Waals surface area contributed by atoms with Gasteiger partial charge in [0.15, 0.2) is 0 Å². The number of nitrogens with one attached hydrogen (secondary N) is 2. The van der Waals surface area contributed by atoms with Crippen molar-refractivity contribution in [2.75, 3.05) is 5.43 Å². The molecule has 106 valence electrons. The second-order valence-electron chi connectivity index (χ2n) is 5.21. The summed E-state index contributed by atoms with van der Waals surface area (Å²) in [5, 5.41) is 4.40. The third-order valence-corrected chi connectivity index (χ3v) is 3.64. The third-order valence-electron chi connectivity index (χ3n) is 3.64. The number of imidazole rings is 1. The molecule has 0 atom stereocenters. The molecule has 1 aromatic heterocycles. The maximum Gasteiger partial charge on any atom is 0.222 e. The summed E-state index contributed by atoms with van der Waals surface area (Å²) < 4.78 is 0. The van der Waals surface area contributed by atoms with Crippen LogP contribution in [0.15, 0.2) is 47.6 Å². The molecule has 0 spiro atoms. The molecule has 0 saturated carbocycles. The predicted molar refractivity (Wildman–Crippen MR) is 87.8 cm³/mol. The Morgan fingerprint density at radius 3 is 2.67 bits per heavy atom. The SMILES string of the molecule is C/C(=N\Nc1nc2ccccc2[nH]1)c1ccc(C)c(C)c1. The number of fused-ring (bicyclic) bond motifs is 1. The van der Waals surface area contributed by atoms with Crippen molar-refractivity contribution >= 4 is 22.7 Å². The van der Waals surface area contributed by atoms with E-state index in [2.05, 4.69) is 52.5 Å². The van der Waals surface area contributed by atoms with E-state index in [-0.39, 0.29) is 0 Å². The van der Waals surface area contributed by atoms with Crippen molar-refractivity contribution in [2.24, 2.45) is 5.10 Å². The molecule has 0 amide bonds. The van der Waals surface area contributed by atoms with Gasteiger partial charge in [0.2, 0.25) is 5.95 Å². The molecule has 0 bridgehead atoms. The maximum absolute atomic E-state index is 4.44. The number of para-hydroxylation sites is 2. The minimum atomic E-state index is 0.652. The number of aryl methyl sites for hydroxylation is 2. The minimum Gasteiger partial charge on any atom is -0.323 e. The Hall–Kier alpha value is -2.62. The van der Waals surface area contributed by atoms with Crippen molar-refractivity contribution in [1.82, 2.24) is 9.97 Å². The molecule has 0 aliphatic carbocycles. The predicted octanol–water partition coefficient (Wildman–Crippen LogP) is 4.02. The van der Waals surface area contributed by atoms with E-state index in [0.717, 1.165) is 22.3 Å². The van der Waals surface area contributed by atoms with Crippen LogP contribution in [-0.2, 0) is 0 Å². The van der Waals surface area contributed by atoms with E-state index in [1.54, 1.807) is 0 Å². The van der Waals surface area contributed by atoms with Crippen LogP contribution in [0.5, 0.6) is 0 Å². The first-order valence-electron chi connectivity index (χ1n) is 6.96. The second kappa shape index (κ2) is 5.40. The van der Waals surface area contributed by atoms with Gasteiger partial charge in [0.25, 0.3) is 0 Å². The number of aromatic nitrogens is 2. The number of hydrogen-bond acceptors (Lipinski definition) is 3. The van der Waals surface area contributed by atoms with Crippen molar-refractivity contribution in [3.63, 3.8) is 0 Å². The summed E-state index contributed by atoms with van der Waals surface area (Å²) in [5.41, 5.74) is 9.52. The first-order chi connectivity index (χ1) is 10.1. The molecule has 0 aliphatic rings. The molecule has 0 saturated heterocycles. The highest BCUT2D eigenvalue weighted by Crippen LogP contribution is 2.14. The summed E-state index contributed by atoms with van der Waals surface area (Å²) in [7, 11) is 0. The molecule has 3 aromatic rings. The van der Waals surface area contributed by atoms with Crippen LogP contribution in [0.25, 0.3) is 11.0 Å². The molecule has 4 nitrogen and oxygen atoms in total. The monoisotopic (exact) mass is 278 g/mol. The minimum absolute atomic E-state index is 0.652. The highest BCUT2D eigenvalue weighted by atomic mass is 15.4. The number of rotatable bonds is 3. The first kappa shape index (κ1) is 13.4. The van der Waals surface area contributed by atoms with Gasteiger partial charge in [-0.05, 0) is 55.7 Å². The van der Waals surface area contributed by atoms with Crippen molar-refractivity contribution < 1.29 is 0 Å². The van der Waals surface area contributed by atoms with Gasteiger partial charge >= 0.3 is 0 Å². The lowest BCUT2D eigenvalue weighted by atomic mass is 10.0. The molecule has 21 heavy (non-hydrogen) atoms. The van der Waals surface area contributed by atoms with Gasteiger partial charge in [-0.3, -0.25) is 0 Å². The Labute approximate surface area is 123 Å². The van der Waals surface area contributed by atoms with Gasteiger partial charge in [0.05, 0.1) is 16.7 Å². The normalized spacial score (nSPS) is 11.9. The van der Waals surface area contributed by atoms with Gasteiger partial charge < -0.3 is 4.98 Å². The lowest BCUT2D eigenvalue weighted by molar-refractivity contribution is 1.20. The Bertz CT molecular complexity index is 782. The van der Waals surface area contributed by atoms with Crippen molar-refractivity contribution in [3.05, 3.63) is 59.2 Å². The summed E-state index contributed by atoms with van der Waals surface area (Å²) >= 11 is 0. The fourth-order valence-corrected chi connectivity index (χ4v) is 2.17. The second-order valence-corrected chi connectivity index (χ2v) is 5.21. The number of hydrazone groups is 1. The Kier molecular flexibility index (Phi) is 3.44. The van der Waals surface area contributed by atoms with Crippen LogP contribution in [0.2, 0.25) is 0 Å². The van der Waals surface area contributed by atoms with E-state index in [1.165, 1.54) is 11.1 Å². The zero-order chi connectivity index (χ0) is 14.8. The highest BCUT2D eigenvalue weighted by molar-refractivity contribution is 5.99. The van der Waals surface area contributed by atoms with E-state index in [4.69, 9.17) is 0 Å². The fraction of sp³-hybridized carbons (Fsp3) is 0.176. The quantitative estimate of drug-likeness (QED) is 0.561. The molecule has 4 heteroatoms. The van der Waals surface area contributed by atoms with Crippen LogP contribution in [-0.4, -0.2) is 15.7 Å². The Morgan fingerprint density at radius 1 is 1.10 bits per heavy atom. The zero-order valence-corrected chi connectivity index (χ0v) is 12.4. The van der Waals surface area contributed by atoms with Gasteiger partial charge in [0.1, 0.15) is 0 Å². The molecule has 1 heterocycles. The van der Waals surface area contributed by atoms with Crippen LogP contribution in [0.3, 0.4) is 0 Å². The fourth-order valence-electron chi connectivity index (χ4n) is 2.17. The maximum atomic E-state index is 4.44. The number of hydrogen-bond donors (Lipinski definition) is 2. The van der Waals surface area contributed by atoms with E-state index in [9.17, 15) is 0 Å². The third kappa shape index (κ3) is 2.79. The van der Waals surface area contributed by atoms with Gasteiger partial charge in [-0.1, -0.05) is 24.3 Å². The van der Waals surface area contributed by atoms with E-state index < -0.39 is 0 Å². The van der Waals surface area contributed by atoms with Crippen molar-refractivity contribution in [2.45, 2.75) is 20.8 Å². The molecular formula is C17H18N4. The molecule has 2 aromatic carbocycles. The number of nitrogens with zero attached hydrogens (tertiary/aromatic N) is 2. The lowest BCUT2D eigenvalue weighted by Gasteiger charge is -2.05. The molecule has 0 fully saturated rings. The standard InChI is InChI=1S/C17H18N4/c1-11-8-9-14(10-12(11)2)13(3)20-21-17-18-15-6-4-5-7-16(15)19-17/h4-10H,1-3H3,(H2,18,19,21)/b20-13+. The van der Waals surface area contributed by atoms with E-state index in [1.807, 2.05) is 31.2 Å².